The predicted molar refractivity (Wildman–Crippen MR) is 145 cm³/mol. The first-order valence-corrected chi connectivity index (χ1v) is 12.4. The van der Waals surface area contributed by atoms with Gasteiger partial charge in [-0.1, -0.05) is 57.6 Å². The van der Waals surface area contributed by atoms with Crippen LogP contribution in [-0.2, 0) is 11.4 Å². The Labute approximate surface area is 220 Å². The fourth-order valence-electron chi connectivity index (χ4n) is 3.33. The second-order valence-corrected chi connectivity index (χ2v) is 10.1. The summed E-state index contributed by atoms with van der Waals surface area (Å²) in [6.45, 7) is 2.19. The van der Waals surface area contributed by atoms with E-state index in [1.54, 1.807) is 30.3 Å². The van der Waals surface area contributed by atoms with E-state index < -0.39 is 4.92 Å². The summed E-state index contributed by atoms with van der Waals surface area (Å²) in [7, 11) is 1.53. The van der Waals surface area contributed by atoms with E-state index >= 15 is 0 Å². The molecule has 1 aliphatic heterocycles. The smallest absolute Gasteiger partial charge is 0.270 e. The summed E-state index contributed by atoms with van der Waals surface area (Å²) >= 11 is 10.3. The van der Waals surface area contributed by atoms with Gasteiger partial charge in [-0.15, -0.1) is 0 Å². The molecular weight excluding hydrogens is 552 g/mol. The van der Waals surface area contributed by atoms with Gasteiger partial charge in [-0.3, -0.25) is 19.8 Å². The van der Waals surface area contributed by atoms with Crippen LogP contribution in [-0.4, -0.2) is 22.3 Å². The maximum Gasteiger partial charge on any atom is 0.270 e. The van der Waals surface area contributed by atoms with Crippen molar-refractivity contribution in [3.63, 3.8) is 0 Å². The first-order chi connectivity index (χ1) is 16.8. The third-order valence-electron chi connectivity index (χ3n) is 5.20. The Balaban J connectivity index is 1.54. The molecule has 10 heteroatoms. The Morgan fingerprint density at radius 1 is 1.11 bits per heavy atom. The average Bonchev–Trinajstić information content (AvgIpc) is 3.12. The van der Waals surface area contributed by atoms with Gasteiger partial charge < -0.3 is 9.47 Å². The number of rotatable bonds is 7. The molecule has 4 rings (SSSR count). The minimum Gasteiger partial charge on any atom is -0.493 e. The lowest BCUT2D eigenvalue weighted by molar-refractivity contribution is -0.384. The molecular formula is C25H19BrN2O5S2. The Hall–Kier alpha value is -3.21. The van der Waals surface area contributed by atoms with Crippen LogP contribution in [0.3, 0.4) is 0 Å². The van der Waals surface area contributed by atoms with Crippen molar-refractivity contribution in [1.82, 2.24) is 0 Å². The Morgan fingerprint density at radius 3 is 2.43 bits per heavy atom. The van der Waals surface area contributed by atoms with Crippen molar-refractivity contribution in [2.24, 2.45) is 0 Å². The van der Waals surface area contributed by atoms with Crippen molar-refractivity contribution in [1.29, 1.82) is 0 Å². The fourth-order valence-corrected chi connectivity index (χ4v) is 5.06. The molecule has 7 nitrogen and oxygen atoms in total. The Bertz CT molecular complexity index is 1340. The number of carbonyl (C=O) groups is 1. The summed E-state index contributed by atoms with van der Waals surface area (Å²) in [5, 5.41) is 10.8. The van der Waals surface area contributed by atoms with Crippen molar-refractivity contribution in [3.05, 3.63) is 96.8 Å². The third-order valence-corrected chi connectivity index (χ3v) is 7.19. The summed E-state index contributed by atoms with van der Waals surface area (Å²) in [4.78, 5) is 25.5. The Kier molecular flexibility index (Phi) is 7.54. The molecule has 1 fully saturated rings. The van der Waals surface area contributed by atoms with Gasteiger partial charge in [-0.05, 0) is 60.5 Å². The molecule has 3 aromatic rings. The molecule has 0 bridgehead atoms. The number of non-ortho nitro benzene ring substituents is 1. The molecule has 0 atom stereocenters. The number of benzene rings is 3. The van der Waals surface area contributed by atoms with Gasteiger partial charge in [-0.25, -0.2) is 0 Å². The van der Waals surface area contributed by atoms with E-state index in [2.05, 4.69) is 15.9 Å². The Morgan fingerprint density at radius 2 is 1.80 bits per heavy atom. The van der Waals surface area contributed by atoms with Gasteiger partial charge in [0.05, 0.1) is 22.6 Å². The molecule has 0 N–H and O–H groups in total. The molecule has 0 radical (unpaired) electrons. The number of methoxy groups -OCH3 is 1. The summed E-state index contributed by atoms with van der Waals surface area (Å²) in [6.07, 6.45) is 1.76. The van der Waals surface area contributed by atoms with E-state index in [0.29, 0.717) is 25.2 Å². The SMILES string of the molecule is COc1cc(/C=C2\SC(=S)N(c3ccc(C)cc3)C2=O)c(Br)cc1OCc1ccc([N+](=O)[O-])cc1. The van der Waals surface area contributed by atoms with Crippen LogP contribution < -0.4 is 14.4 Å². The van der Waals surface area contributed by atoms with Gasteiger partial charge in [0.2, 0.25) is 0 Å². The lowest BCUT2D eigenvalue weighted by atomic mass is 10.1. The molecule has 35 heavy (non-hydrogen) atoms. The van der Waals surface area contributed by atoms with Crippen molar-refractivity contribution >= 4 is 67.6 Å². The molecule has 3 aromatic carbocycles. The molecule has 1 saturated heterocycles. The quantitative estimate of drug-likeness (QED) is 0.136. The number of nitro groups is 1. The minimum absolute atomic E-state index is 0.0196. The van der Waals surface area contributed by atoms with Crippen LogP contribution in [0.5, 0.6) is 11.5 Å². The van der Waals surface area contributed by atoms with Crippen LogP contribution >= 0.6 is 39.9 Å². The van der Waals surface area contributed by atoms with Gasteiger partial charge in [-0.2, -0.15) is 0 Å². The zero-order valence-corrected chi connectivity index (χ0v) is 21.9. The predicted octanol–water partition coefficient (Wildman–Crippen LogP) is 6.66. The number of nitrogens with zero attached hydrogens (tertiary/aromatic N) is 2. The molecule has 0 saturated carbocycles. The second kappa shape index (κ2) is 10.6. The van der Waals surface area contributed by atoms with Gasteiger partial charge >= 0.3 is 0 Å². The number of halogens is 1. The first kappa shape index (κ1) is 24.9. The number of anilines is 1. The highest BCUT2D eigenvalue weighted by Crippen LogP contribution is 2.39. The highest BCUT2D eigenvalue weighted by molar-refractivity contribution is 9.10. The third kappa shape index (κ3) is 5.55. The maximum absolute atomic E-state index is 13.1. The molecule has 0 aliphatic carbocycles. The van der Waals surface area contributed by atoms with Crippen LogP contribution in [0.1, 0.15) is 16.7 Å². The average molecular weight is 571 g/mol. The summed E-state index contributed by atoms with van der Waals surface area (Å²) in [5.41, 5.74) is 3.35. The number of aryl methyl sites for hydroxylation is 1. The van der Waals surface area contributed by atoms with E-state index in [1.807, 2.05) is 31.2 Å². The van der Waals surface area contributed by atoms with E-state index in [0.717, 1.165) is 22.4 Å². The highest BCUT2D eigenvalue weighted by Gasteiger charge is 2.33. The number of hydrogen-bond acceptors (Lipinski definition) is 7. The molecule has 0 aromatic heterocycles. The largest absolute Gasteiger partial charge is 0.493 e. The normalized spacial score (nSPS) is 14.5. The van der Waals surface area contributed by atoms with Crippen molar-refractivity contribution in [3.8, 4) is 11.5 Å². The lowest BCUT2D eigenvalue weighted by Gasteiger charge is -2.14. The number of amides is 1. The van der Waals surface area contributed by atoms with E-state index in [4.69, 9.17) is 21.7 Å². The van der Waals surface area contributed by atoms with Crippen LogP contribution in [0.25, 0.3) is 6.08 Å². The van der Waals surface area contributed by atoms with Crippen molar-refractivity contribution < 1.29 is 19.2 Å². The number of thiocarbonyl (C=S) groups is 1. The monoisotopic (exact) mass is 570 g/mol. The molecule has 0 unspecified atom stereocenters. The van der Waals surface area contributed by atoms with Gasteiger partial charge in [0, 0.05) is 16.6 Å². The lowest BCUT2D eigenvalue weighted by Crippen LogP contribution is -2.27. The van der Waals surface area contributed by atoms with E-state index in [9.17, 15) is 14.9 Å². The van der Waals surface area contributed by atoms with Gasteiger partial charge in [0.15, 0.2) is 15.8 Å². The van der Waals surface area contributed by atoms with E-state index in [-0.39, 0.29) is 18.2 Å². The molecule has 1 aliphatic rings. The topological polar surface area (TPSA) is 81.9 Å². The van der Waals surface area contributed by atoms with Crippen molar-refractivity contribution in [2.75, 3.05) is 12.0 Å². The summed E-state index contributed by atoms with van der Waals surface area (Å²) < 4.78 is 12.6. The zero-order chi connectivity index (χ0) is 25.1. The van der Waals surface area contributed by atoms with Gasteiger partial charge in [0.25, 0.3) is 11.6 Å². The molecule has 0 spiro atoms. The molecule has 178 valence electrons. The van der Waals surface area contributed by atoms with Crippen LogP contribution in [0, 0.1) is 17.0 Å². The van der Waals surface area contributed by atoms with Crippen LogP contribution in [0.2, 0.25) is 0 Å². The fraction of sp³-hybridized carbons (Fsp3) is 0.120. The number of hydrogen-bond donors (Lipinski definition) is 0. The van der Waals surface area contributed by atoms with Gasteiger partial charge in [0.1, 0.15) is 6.61 Å². The number of ether oxygens (including phenoxy) is 2. The highest BCUT2D eigenvalue weighted by atomic mass is 79.9. The molecule has 1 heterocycles. The maximum atomic E-state index is 13.1. The number of nitro benzene ring substituents is 1. The van der Waals surface area contributed by atoms with Crippen LogP contribution in [0.15, 0.2) is 70.0 Å². The molecule has 1 amide bonds. The van der Waals surface area contributed by atoms with E-state index in [1.165, 1.54) is 35.9 Å². The van der Waals surface area contributed by atoms with Crippen molar-refractivity contribution in [2.45, 2.75) is 13.5 Å². The second-order valence-electron chi connectivity index (χ2n) is 7.59. The standard InChI is InChI=1S/C25H19BrN2O5S2/c1-15-3-7-18(8-4-15)27-24(29)23(35-25(27)34)12-17-11-21(32-2)22(13-20(17)26)33-14-16-5-9-19(10-6-16)28(30)31/h3-13H,14H2,1-2H3/b23-12-. The summed E-state index contributed by atoms with van der Waals surface area (Å²) in [6, 6.07) is 17.3. The van der Waals surface area contributed by atoms with Crippen LogP contribution in [0.4, 0.5) is 11.4 Å². The summed E-state index contributed by atoms with van der Waals surface area (Å²) in [5.74, 6) is 0.783. The minimum atomic E-state index is -0.446. The zero-order valence-electron chi connectivity index (χ0n) is 18.7. The number of carbonyl (C=O) groups excluding carboxylic acids is 1. The first-order valence-electron chi connectivity index (χ1n) is 10.3. The number of thioether (sulfide) groups is 1.